The summed E-state index contributed by atoms with van der Waals surface area (Å²) in [7, 11) is 0. The van der Waals surface area contributed by atoms with Crippen LogP contribution in [0.5, 0.6) is 0 Å². The number of aromatic nitrogens is 2. The molecule has 0 fully saturated rings. The SMILES string of the molecule is Cc1ccn(-c2c([N+](=O)[O-])cc([N+](=O)[O-])cc2[N+](=O)[O-])n1. The highest BCUT2D eigenvalue weighted by Crippen LogP contribution is 2.36. The number of benzene rings is 1. The fourth-order valence-electron chi connectivity index (χ4n) is 1.75. The first kappa shape index (κ1) is 14.0. The fourth-order valence-corrected chi connectivity index (χ4v) is 1.75. The first-order valence-electron chi connectivity index (χ1n) is 5.45. The maximum Gasteiger partial charge on any atom is 0.308 e. The Morgan fingerprint density at radius 1 is 1.00 bits per heavy atom. The van der Waals surface area contributed by atoms with E-state index >= 15 is 0 Å². The summed E-state index contributed by atoms with van der Waals surface area (Å²) in [5.74, 6) is 0. The molecule has 0 aliphatic heterocycles. The second kappa shape index (κ2) is 4.96. The van der Waals surface area contributed by atoms with Crippen molar-refractivity contribution in [3.8, 4) is 5.69 Å². The van der Waals surface area contributed by atoms with Gasteiger partial charge < -0.3 is 0 Å². The zero-order chi connectivity index (χ0) is 15.7. The van der Waals surface area contributed by atoms with Gasteiger partial charge in [0, 0.05) is 6.20 Å². The van der Waals surface area contributed by atoms with Crippen LogP contribution >= 0.6 is 0 Å². The minimum absolute atomic E-state index is 0.427. The van der Waals surface area contributed by atoms with Gasteiger partial charge in [0.05, 0.1) is 32.6 Å². The molecule has 0 radical (unpaired) electrons. The van der Waals surface area contributed by atoms with Crippen molar-refractivity contribution >= 4 is 17.1 Å². The van der Waals surface area contributed by atoms with E-state index in [2.05, 4.69) is 5.10 Å². The lowest BCUT2D eigenvalue weighted by Crippen LogP contribution is -2.06. The Morgan fingerprint density at radius 2 is 1.52 bits per heavy atom. The largest absolute Gasteiger partial charge is 0.308 e. The normalized spacial score (nSPS) is 10.3. The molecule has 2 rings (SSSR count). The first-order chi connectivity index (χ1) is 9.81. The number of rotatable bonds is 4. The van der Waals surface area contributed by atoms with E-state index in [1.165, 1.54) is 12.3 Å². The van der Waals surface area contributed by atoms with E-state index < -0.39 is 37.5 Å². The summed E-state index contributed by atoms with van der Waals surface area (Å²) in [4.78, 5) is 30.1. The third-order valence-electron chi connectivity index (χ3n) is 2.61. The molecule has 0 saturated heterocycles. The zero-order valence-electron chi connectivity index (χ0n) is 10.5. The molecule has 0 unspecified atom stereocenters. The van der Waals surface area contributed by atoms with Crippen molar-refractivity contribution in [1.82, 2.24) is 9.78 Å². The zero-order valence-corrected chi connectivity index (χ0v) is 10.5. The van der Waals surface area contributed by atoms with Gasteiger partial charge in [0.1, 0.15) is 0 Å². The lowest BCUT2D eigenvalue weighted by molar-refractivity contribution is -0.402. The van der Waals surface area contributed by atoms with E-state index in [1.807, 2.05) is 0 Å². The van der Waals surface area contributed by atoms with Gasteiger partial charge in [-0.05, 0) is 13.0 Å². The molecule has 0 aliphatic carbocycles. The molecule has 11 heteroatoms. The highest BCUT2D eigenvalue weighted by Gasteiger charge is 2.32. The molecule has 0 aliphatic rings. The number of hydrogen-bond acceptors (Lipinski definition) is 7. The quantitative estimate of drug-likeness (QED) is 0.617. The lowest BCUT2D eigenvalue weighted by Gasteiger charge is -2.04. The molecule has 0 amide bonds. The molecule has 1 heterocycles. The van der Waals surface area contributed by atoms with Crippen LogP contribution in [-0.4, -0.2) is 24.6 Å². The summed E-state index contributed by atoms with van der Waals surface area (Å²) in [6.45, 7) is 1.60. The van der Waals surface area contributed by atoms with E-state index in [0.29, 0.717) is 17.8 Å². The second-order valence-corrected chi connectivity index (χ2v) is 4.01. The molecule has 11 nitrogen and oxygen atoms in total. The van der Waals surface area contributed by atoms with Crippen LogP contribution in [0.25, 0.3) is 5.69 Å². The molecular weight excluding hydrogens is 286 g/mol. The Labute approximate surface area is 115 Å². The number of aryl methyl sites for hydroxylation is 1. The van der Waals surface area contributed by atoms with Gasteiger partial charge in [-0.3, -0.25) is 30.3 Å². The van der Waals surface area contributed by atoms with E-state index in [1.54, 1.807) is 6.92 Å². The predicted molar refractivity (Wildman–Crippen MR) is 68.3 cm³/mol. The summed E-state index contributed by atoms with van der Waals surface area (Å²) >= 11 is 0. The van der Waals surface area contributed by atoms with Crippen molar-refractivity contribution in [2.24, 2.45) is 0 Å². The van der Waals surface area contributed by atoms with Crippen LogP contribution in [0.2, 0.25) is 0 Å². The average Bonchev–Trinajstić information content (AvgIpc) is 2.83. The van der Waals surface area contributed by atoms with Crippen LogP contribution < -0.4 is 0 Å². The van der Waals surface area contributed by atoms with Gasteiger partial charge in [0.2, 0.25) is 5.69 Å². The van der Waals surface area contributed by atoms with Gasteiger partial charge in [0.25, 0.3) is 5.69 Å². The minimum atomic E-state index is -0.932. The van der Waals surface area contributed by atoms with Gasteiger partial charge in [-0.1, -0.05) is 0 Å². The van der Waals surface area contributed by atoms with Crippen molar-refractivity contribution in [3.05, 3.63) is 60.4 Å². The van der Waals surface area contributed by atoms with Crippen LogP contribution in [-0.2, 0) is 0 Å². The van der Waals surface area contributed by atoms with Crippen LogP contribution in [0, 0.1) is 37.3 Å². The van der Waals surface area contributed by atoms with Crippen molar-refractivity contribution < 1.29 is 14.8 Å². The molecule has 0 spiro atoms. The monoisotopic (exact) mass is 293 g/mol. The van der Waals surface area contributed by atoms with Crippen LogP contribution in [0.3, 0.4) is 0 Å². The van der Waals surface area contributed by atoms with E-state index in [9.17, 15) is 30.3 Å². The number of nitro benzene ring substituents is 3. The van der Waals surface area contributed by atoms with Crippen molar-refractivity contribution in [1.29, 1.82) is 0 Å². The molecule has 0 N–H and O–H groups in total. The predicted octanol–water partition coefficient (Wildman–Crippen LogP) is 1.91. The van der Waals surface area contributed by atoms with E-state index in [0.717, 1.165) is 4.68 Å². The Bertz CT molecular complexity index is 732. The third kappa shape index (κ3) is 2.51. The first-order valence-corrected chi connectivity index (χ1v) is 5.45. The smallest absolute Gasteiger partial charge is 0.258 e. The highest BCUT2D eigenvalue weighted by molar-refractivity contribution is 5.69. The topological polar surface area (TPSA) is 147 Å². The minimum Gasteiger partial charge on any atom is -0.258 e. The van der Waals surface area contributed by atoms with E-state index in [4.69, 9.17) is 0 Å². The summed E-state index contributed by atoms with van der Waals surface area (Å²) in [6, 6.07) is 2.83. The summed E-state index contributed by atoms with van der Waals surface area (Å²) in [5, 5.41) is 36.8. The van der Waals surface area contributed by atoms with Crippen LogP contribution in [0.15, 0.2) is 24.4 Å². The third-order valence-corrected chi connectivity index (χ3v) is 2.61. The molecule has 1 aromatic heterocycles. The van der Waals surface area contributed by atoms with Crippen molar-refractivity contribution in [2.45, 2.75) is 6.92 Å². The molecule has 2 aromatic rings. The molecule has 1 aromatic carbocycles. The molecular formula is C10H7N5O6. The summed E-state index contributed by atoms with van der Waals surface area (Å²) in [5.41, 5.74) is -2.21. The van der Waals surface area contributed by atoms with Gasteiger partial charge in [-0.25, -0.2) is 4.68 Å². The number of hydrogen-bond donors (Lipinski definition) is 0. The Balaban J connectivity index is 2.85. The lowest BCUT2D eigenvalue weighted by atomic mass is 10.2. The van der Waals surface area contributed by atoms with Crippen molar-refractivity contribution in [2.75, 3.05) is 0 Å². The van der Waals surface area contributed by atoms with E-state index in [-0.39, 0.29) is 0 Å². The number of nitrogens with zero attached hydrogens (tertiary/aromatic N) is 5. The van der Waals surface area contributed by atoms with Gasteiger partial charge in [-0.15, -0.1) is 0 Å². The number of nitro groups is 3. The summed E-state index contributed by atoms with van der Waals surface area (Å²) in [6.07, 6.45) is 1.30. The highest BCUT2D eigenvalue weighted by atomic mass is 16.6. The molecule has 108 valence electrons. The average molecular weight is 293 g/mol. The second-order valence-electron chi connectivity index (χ2n) is 4.01. The van der Waals surface area contributed by atoms with Gasteiger partial charge >= 0.3 is 11.4 Å². The number of non-ortho nitro benzene ring substituents is 1. The van der Waals surface area contributed by atoms with Gasteiger partial charge in [-0.2, -0.15) is 5.10 Å². The molecule has 21 heavy (non-hydrogen) atoms. The maximum atomic E-state index is 11.1. The van der Waals surface area contributed by atoms with Crippen LogP contribution in [0.1, 0.15) is 5.69 Å². The molecule has 0 saturated carbocycles. The standard InChI is InChI=1S/C10H7N5O6/c1-6-2-3-12(11-6)10-8(14(18)19)4-7(13(16)17)5-9(10)15(20)21/h2-5H,1H3. The maximum absolute atomic E-state index is 11.1. The van der Waals surface area contributed by atoms with Gasteiger partial charge in [0.15, 0.2) is 0 Å². The summed E-state index contributed by atoms with van der Waals surface area (Å²) < 4.78 is 0.954. The fraction of sp³-hybridized carbons (Fsp3) is 0.100. The molecule has 0 bridgehead atoms. The Kier molecular flexibility index (Phi) is 3.32. The Hall–Kier alpha value is -3.37. The molecule has 0 atom stereocenters. The Morgan fingerprint density at radius 3 is 1.86 bits per heavy atom. The van der Waals surface area contributed by atoms with Crippen molar-refractivity contribution in [3.63, 3.8) is 0 Å². The van der Waals surface area contributed by atoms with Crippen LogP contribution in [0.4, 0.5) is 17.1 Å².